The summed E-state index contributed by atoms with van der Waals surface area (Å²) in [4.78, 5) is 23.4. The first kappa shape index (κ1) is 16.8. The van der Waals surface area contributed by atoms with Crippen LogP contribution >= 0.6 is 0 Å². The molecular weight excluding hydrogens is 298 g/mol. The average molecular weight is 319 g/mol. The van der Waals surface area contributed by atoms with Gasteiger partial charge < -0.3 is 14.8 Å². The summed E-state index contributed by atoms with van der Waals surface area (Å²) in [5.41, 5.74) is 0.528. The van der Waals surface area contributed by atoms with Gasteiger partial charge in [-0.2, -0.15) is 5.10 Å². The quantitative estimate of drug-likeness (QED) is 0.875. The number of esters is 1. The number of aromatic nitrogens is 2. The molecule has 1 amide bonds. The SMILES string of the molecule is COC(=O)c1nn(CCNC(=O)OC(C)(C)C)c2ccccc12. The van der Waals surface area contributed by atoms with Gasteiger partial charge in [0.2, 0.25) is 0 Å². The lowest BCUT2D eigenvalue weighted by Crippen LogP contribution is -2.34. The molecule has 1 aromatic carbocycles. The van der Waals surface area contributed by atoms with Crippen molar-refractivity contribution < 1.29 is 19.1 Å². The Bertz CT molecular complexity index is 716. The number of fused-ring (bicyclic) bond motifs is 1. The van der Waals surface area contributed by atoms with Crippen molar-refractivity contribution >= 4 is 23.0 Å². The molecule has 0 aliphatic rings. The van der Waals surface area contributed by atoms with Gasteiger partial charge in [0.1, 0.15) is 5.60 Å². The molecule has 7 nitrogen and oxygen atoms in total. The highest BCUT2D eigenvalue weighted by Gasteiger charge is 2.18. The Morgan fingerprint density at radius 2 is 1.96 bits per heavy atom. The third-order valence-electron chi connectivity index (χ3n) is 3.03. The minimum atomic E-state index is -0.541. The maximum absolute atomic E-state index is 11.8. The van der Waals surface area contributed by atoms with Crippen molar-refractivity contribution in [2.75, 3.05) is 13.7 Å². The first-order valence-electron chi connectivity index (χ1n) is 7.32. The standard InChI is InChI=1S/C16H21N3O4/c1-16(2,3)23-15(21)17-9-10-19-12-8-6-5-7-11(12)13(18-19)14(20)22-4/h5-8H,9-10H2,1-4H3,(H,17,21). The second kappa shape index (κ2) is 6.68. The Balaban J connectivity index is 2.09. The van der Waals surface area contributed by atoms with Crippen LogP contribution in [0, 0.1) is 0 Å². The lowest BCUT2D eigenvalue weighted by atomic mass is 10.2. The van der Waals surface area contributed by atoms with Gasteiger partial charge in [0.25, 0.3) is 0 Å². The van der Waals surface area contributed by atoms with Crippen molar-refractivity contribution in [1.82, 2.24) is 15.1 Å². The number of methoxy groups -OCH3 is 1. The van der Waals surface area contributed by atoms with E-state index in [1.807, 2.05) is 24.3 Å². The van der Waals surface area contributed by atoms with Gasteiger partial charge in [0.05, 0.1) is 19.2 Å². The summed E-state index contributed by atoms with van der Waals surface area (Å²) in [7, 11) is 1.32. The Morgan fingerprint density at radius 3 is 2.61 bits per heavy atom. The number of rotatable bonds is 4. The molecule has 1 N–H and O–H groups in total. The van der Waals surface area contributed by atoms with Gasteiger partial charge in [-0.25, -0.2) is 9.59 Å². The Morgan fingerprint density at radius 1 is 1.26 bits per heavy atom. The summed E-state index contributed by atoms with van der Waals surface area (Å²) in [6.45, 7) is 6.15. The molecule has 1 aromatic heterocycles. The van der Waals surface area contributed by atoms with Gasteiger partial charge in [-0.3, -0.25) is 4.68 Å². The number of carbonyl (C=O) groups is 2. The van der Waals surface area contributed by atoms with Crippen LogP contribution in [-0.2, 0) is 16.0 Å². The molecule has 0 spiro atoms. The predicted molar refractivity (Wildman–Crippen MR) is 85.3 cm³/mol. The molecule has 1 heterocycles. The van der Waals surface area contributed by atoms with E-state index in [4.69, 9.17) is 9.47 Å². The molecule has 0 unspecified atom stereocenters. The highest BCUT2D eigenvalue weighted by atomic mass is 16.6. The number of hydrogen-bond acceptors (Lipinski definition) is 5. The van der Waals surface area contributed by atoms with Crippen molar-refractivity contribution in [3.63, 3.8) is 0 Å². The summed E-state index contributed by atoms with van der Waals surface area (Å²) in [6.07, 6.45) is -0.484. The van der Waals surface area contributed by atoms with Gasteiger partial charge in [0.15, 0.2) is 5.69 Å². The first-order chi connectivity index (χ1) is 10.8. The fraction of sp³-hybridized carbons (Fsp3) is 0.438. The summed E-state index contributed by atoms with van der Waals surface area (Å²) in [5, 5.41) is 7.67. The average Bonchev–Trinajstić information content (AvgIpc) is 2.84. The first-order valence-corrected chi connectivity index (χ1v) is 7.32. The topological polar surface area (TPSA) is 82.5 Å². The van der Waals surface area contributed by atoms with E-state index in [1.54, 1.807) is 25.5 Å². The van der Waals surface area contributed by atoms with Gasteiger partial charge in [-0.15, -0.1) is 0 Å². The number of carbonyl (C=O) groups excluding carboxylic acids is 2. The van der Waals surface area contributed by atoms with Crippen molar-refractivity contribution in [3.05, 3.63) is 30.0 Å². The minimum absolute atomic E-state index is 0.264. The summed E-state index contributed by atoms with van der Waals surface area (Å²) >= 11 is 0. The predicted octanol–water partition coefficient (Wildman–Crippen LogP) is 2.35. The van der Waals surface area contributed by atoms with Gasteiger partial charge in [-0.1, -0.05) is 18.2 Å². The van der Waals surface area contributed by atoms with Crippen molar-refractivity contribution in [3.8, 4) is 0 Å². The Labute approximate surface area is 134 Å². The third-order valence-corrected chi connectivity index (χ3v) is 3.03. The van der Waals surface area contributed by atoms with Crippen LogP contribution in [0.4, 0.5) is 4.79 Å². The smallest absolute Gasteiger partial charge is 0.407 e. The molecule has 23 heavy (non-hydrogen) atoms. The molecule has 0 saturated carbocycles. The number of benzene rings is 1. The van der Waals surface area contributed by atoms with Crippen molar-refractivity contribution in [2.45, 2.75) is 32.9 Å². The van der Waals surface area contributed by atoms with E-state index in [9.17, 15) is 9.59 Å². The molecule has 0 fully saturated rings. The summed E-state index contributed by atoms with van der Waals surface area (Å²) in [6, 6.07) is 7.37. The van der Waals surface area contributed by atoms with E-state index in [0.717, 1.165) is 10.9 Å². The number of alkyl carbamates (subject to hydrolysis) is 1. The highest BCUT2D eigenvalue weighted by Crippen LogP contribution is 2.18. The van der Waals surface area contributed by atoms with E-state index in [-0.39, 0.29) is 5.69 Å². The van der Waals surface area contributed by atoms with Crippen LogP contribution in [-0.4, -0.2) is 41.1 Å². The van der Waals surface area contributed by atoms with Crippen LogP contribution in [0.1, 0.15) is 31.3 Å². The van der Waals surface area contributed by atoms with Crippen LogP contribution in [0.25, 0.3) is 10.9 Å². The molecule has 2 aromatic rings. The number of amides is 1. The molecule has 0 aliphatic heterocycles. The van der Waals surface area contributed by atoms with Crippen molar-refractivity contribution in [1.29, 1.82) is 0 Å². The monoisotopic (exact) mass is 319 g/mol. The van der Waals surface area contributed by atoms with Crippen LogP contribution < -0.4 is 5.32 Å². The molecule has 0 saturated heterocycles. The fourth-order valence-corrected chi connectivity index (χ4v) is 2.12. The van der Waals surface area contributed by atoms with E-state index in [0.29, 0.717) is 13.1 Å². The number of hydrogen-bond donors (Lipinski definition) is 1. The highest BCUT2D eigenvalue weighted by molar-refractivity contribution is 6.02. The van der Waals surface area contributed by atoms with Crippen LogP contribution in [0.15, 0.2) is 24.3 Å². The Hall–Kier alpha value is -2.57. The second-order valence-electron chi connectivity index (χ2n) is 6.01. The second-order valence-corrected chi connectivity index (χ2v) is 6.01. The minimum Gasteiger partial charge on any atom is -0.464 e. The molecule has 0 atom stereocenters. The molecule has 7 heteroatoms. The van der Waals surface area contributed by atoms with E-state index >= 15 is 0 Å². The molecular formula is C16H21N3O4. The molecule has 124 valence electrons. The number of para-hydroxylation sites is 1. The summed E-state index contributed by atoms with van der Waals surface area (Å²) < 4.78 is 11.6. The maximum Gasteiger partial charge on any atom is 0.407 e. The van der Waals surface area contributed by atoms with E-state index in [1.165, 1.54) is 7.11 Å². The molecule has 2 rings (SSSR count). The fourth-order valence-electron chi connectivity index (χ4n) is 2.12. The van der Waals surface area contributed by atoms with Gasteiger partial charge in [0, 0.05) is 11.9 Å². The molecule has 0 aliphatic carbocycles. The maximum atomic E-state index is 11.8. The number of ether oxygens (including phenoxy) is 2. The van der Waals surface area contributed by atoms with Crippen molar-refractivity contribution in [2.24, 2.45) is 0 Å². The lowest BCUT2D eigenvalue weighted by molar-refractivity contribution is 0.0523. The zero-order valence-corrected chi connectivity index (χ0v) is 13.8. The van der Waals surface area contributed by atoms with E-state index in [2.05, 4.69) is 10.4 Å². The van der Waals surface area contributed by atoms with Gasteiger partial charge >= 0.3 is 12.1 Å². The number of nitrogens with one attached hydrogen (secondary N) is 1. The van der Waals surface area contributed by atoms with E-state index < -0.39 is 17.7 Å². The summed E-state index contributed by atoms with van der Waals surface area (Å²) in [5.74, 6) is -0.486. The van der Waals surface area contributed by atoms with Crippen LogP contribution in [0.2, 0.25) is 0 Å². The largest absolute Gasteiger partial charge is 0.464 e. The molecule has 0 bridgehead atoms. The van der Waals surface area contributed by atoms with Crippen LogP contribution in [0.5, 0.6) is 0 Å². The number of nitrogens with zero attached hydrogens (tertiary/aromatic N) is 2. The Kier molecular flexibility index (Phi) is 4.88. The van der Waals surface area contributed by atoms with Gasteiger partial charge in [-0.05, 0) is 26.8 Å². The third kappa shape index (κ3) is 4.21. The lowest BCUT2D eigenvalue weighted by Gasteiger charge is -2.19. The van der Waals surface area contributed by atoms with Crippen LogP contribution in [0.3, 0.4) is 0 Å². The normalized spacial score (nSPS) is 11.3. The zero-order chi connectivity index (χ0) is 17.0. The zero-order valence-electron chi connectivity index (χ0n) is 13.8. The molecule has 0 radical (unpaired) electrons.